The molecule has 0 amide bonds. The molecule has 0 aromatic heterocycles. The lowest BCUT2D eigenvalue weighted by Gasteiger charge is -2.22. The average Bonchev–Trinajstić information content (AvgIpc) is 2.28. The SMILES string of the molecule is COc1ccc(C(C)(CO)C(=O)O)cc1. The fourth-order valence-corrected chi connectivity index (χ4v) is 1.24. The molecule has 0 fully saturated rings. The number of benzene rings is 1. The molecule has 0 saturated heterocycles. The predicted octanol–water partition coefficient (Wildman–Crippen LogP) is 1.03. The first-order valence-corrected chi connectivity index (χ1v) is 4.53. The van der Waals surface area contributed by atoms with Crippen molar-refractivity contribution >= 4 is 5.97 Å². The molecule has 15 heavy (non-hydrogen) atoms. The van der Waals surface area contributed by atoms with Gasteiger partial charge in [-0.1, -0.05) is 12.1 Å². The third kappa shape index (κ3) is 2.10. The van der Waals surface area contributed by atoms with Crippen LogP contribution in [0.4, 0.5) is 0 Å². The van der Waals surface area contributed by atoms with Crippen molar-refractivity contribution in [2.75, 3.05) is 13.7 Å². The molecule has 2 N–H and O–H groups in total. The lowest BCUT2D eigenvalue weighted by molar-refractivity contribution is -0.144. The average molecular weight is 210 g/mol. The van der Waals surface area contributed by atoms with Gasteiger partial charge in [-0.3, -0.25) is 4.79 Å². The van der Waals surface area contributed by atoms with E-state index in [0.717, 1.165) is 0 Å². The zero-order valence-electron chi connectivity index (χ0n) is 8.73. The van der Waals surface area contributed by atoms with Crippen LogP contribution in [0.15, 0.2) is 24.3 Å². The smallest absolute Gasteiger partial charge is 0.316 e. The topological polar surface area (TPSA) is 66.8 Å². The zero-order chi connectivity index (χ0) is 11.5. The highest BCUT2D eigenvalue weighted by Gasteiger charge is 2.34. The van der Waals surface area contributed by atoms with Gasteiger partial charge in [0.25, 0.3) is 0 Å². The van der Waals surface area contributed by atoms with Crippen molar-refractivity contribution in [3.63, 3.8) is 0 Å². The minimum absolute atomic E-state index is 0.436. The van der Waals surface area contributed by atoms with E-state index in [1.54, 1.807) is 24.3 Å². The van der Waals surface area contributed by atoms with E-state index in [2.05, 4.69) is 0 Å². The molecule has 0 aliphatic rings. The van der Waals surface area contributed by atoms with E-state index in [9.17, 15) is 4.79 Å². The standard InChI is InChI=1S/C11H14O4/c1-11(7-12,10(13)14)8-3-5-9(15-2)6-4-8/h3-6,12H,7H2,1-2H3,(H,13,14). The van der Waals surface area contributed by atoms with Gasteiger partial charge in [-0.2, -0.15) is 0 Å². The number of ether oxygens (including phenoxy) is 1. The van der Waals surface area contributed by atoms with E-state index >= 15 is 0 Å². The van der Waals surface area contributed by atoms with Gasteiger partial charge in [-0.15, -0.1) is 0 Å². The van der Waals surface area contributed by atoms with Gasteiger partial charge in [0, 0.05) is 0 Å². The van der Waals surface area contributed by atoms with Crippen LogP contribution in [0.2, 0.25) is 0 Å². The van der Waals surface area contributed by atoms with Crippen LogP contribution in [0.25, 0.3) is 0 Å². The number of carboxylic acids is 1. The summed E-state index contributed by atoms with van der Waals surface area (Å²) in [5.74, 6) is -0.389. The summed E-state index contributed by atoms with van der Waals surface area (Å²) in [6.45, 7) is 1.05. The quantitative estimate of drug-likeness (QED) is 0.779. The molecular weight excluding hydrogens is 196 g/mol. The molecule has 4 nitrogen and oxygen atoms in total. The highest BCUT2D eigenvalue weighted by Crippen LogP contribution is 2.25. The Hall–Kier alpha value is -1.55. The first-order valence-electron chi connectivity index (χ1n) is 4.53. The van der Waals surface area contributed by atoms with Crippen molar-refractivity contribution in [3.05, 3.63) is 29.8 Å². The molecule has 0 radical (unpaired) electrons. The third-order valence-electron chi connectivity index (χ3n) is 2.52. The van der Waals surface area contributed by atoms with Gasteiger partial charge < -0.3 is 14.9 Å². The van der Waals surface area contributed by atoms with E-state index in [1.807, 2.05) is 0 Å². The number of rotatable bonds is 4. The maximum absolute atomic E-state index is 11.0. The molecule has 0 aliphatic heterocycles. The van der Waals surface area contributed by atoms with Crippen LogP contribution in [0, 0.1) is 0 Å². The molecular formula is C11H14O4. The van der Waals surface area contributed by atoms with Crippen molar-refractivity contribution in [1.82, 2.24) is 0 Å². The van der Waals surface area contributed by atoms with Gasteiger partial charge in [-0.05, 0) is 24.6 Å². The summed E-state index contributed by atoms with van der Waals surface area (Å²) in [5, 5.41) is 18.1. The number of carboxylic acid groups (broad SMARTS) is 1. The van der Waals surface area contributed by atoms with E-state index < -0.39 is 18.0 Å². The number of aliphatic hydroxyl groups excluding tert-OH is 1. The fourth-order valence-electron chi connectivity index (χ4n) is 1.24. The van der Waals surface area contributed by atoms with E-state index in [1.165, 1.54) is 14.0 Å². The molecule has 0 saturated carbocycles. The molecule has 82 valence electrons. The largest absolute Gasteiger partial charge is 0.497 e. The van der Waals surface area contributed by atoms with Crippen molar-refractivity contribution in [3.8, 4) is 5.75 Å². The summed E-state index contributed by atoms with van der Waals surface area (Å²) in [7, 11) is 1.54. The summed E-state index contributed by atoms with van der Waals surface area (Å²) in [6.07, 6.45) is 0. The maximum Gasteiger partial charge on any atom is 0.316 e. The van der Waals surface area contributed by atoms with E-state index in [-0.39, 0.29) is 0 Å². The molecule has 1 unspecified atom stereocenters. The molecule has 1 aromatic carbocycles. The summed E-state index contributed by atoms with van der Waals surface area (Å²) >= 11 is 0. The van der Waals surface area contributed by atoms with Gasteiger partial charge in [0.05, 0.1) is 13.7 Å². The monoisotopic (exact) mass is 210 g/mol. The first-order chi connectivity index (χ1) is 7.04. The van der Waals surface area contributed by atoms with Gasteiger partial charge in [0.15, 0.2) is 0 Å². The van der Waals surface area contributed by atoms with Gasteiger partial charge in [0.1, 0.15) is 11.2 Å². The molecule has 1 atom stereocenters. The highest BCUT2D eigenvalue weighted by molar-refractivity contribution is 5.81. The number of carbonyl (C=O) groups is 1. The Morgan fingerprint density at radius 2 is 1.93 bits per heavy atom. The Bertz CT molecular complexity index is 344. The Morgan fingerprint density at radius 3 is 2.27 bits per heavy atom. The molecule has 1 aromatic rings. The predicted molar refractivity (Wildman–Crippen MR) is 55.1 cm³/mol. The Labute approximate surface area is 88.1 Å². The molecule has 1 rings (SSSR count). The van der Waals surface area contributed by atoms with E-state index in [4.69, 9.17) is 14.9 Å². The maximum atomic E-state index is 11.0. The van der Waals surface area contributed by atoms with Crippen LogP contribution in [0.5, 0.6) is 5.75 Å². The fraction of sp³-hybridized carbons (Fsp3) is 0.364. The van der Waals surface area contributed by atoms with Crippen LogP contribution in [-0.2, 0) is 10.2 Å². The highest BCUT2D eigenvalue weighted by atomic mass is 16.5. The first kappa shape index (κ1) is 11.5. The Balaban J connectivity index is 3.08. The molecule has 0 spiro atoms. The van der Waals surface area contributed by atoms with E-state index in [0.29, 0.717) is 11.3 Å². The molecule has 0 bridgehead atoms. The lowest BCUT2D eigenvalue weighted by Crippen LogP contribution is -2.36. The number of aliphatic carboxylic acids is 1. The van der Waals surface area contributed by atoms with Crippen LogP contribution in [-0.4, -0.2) is 29.9 Å². The Morgan fingerprint density at radius 1 is 1.40 bits per heavy atom. The summed E-state index contributed by atoms with van der Waals surface area (Å²) < 4.78 is 4.97. The van der Waals surface area contributed by atoms with Gasteiger partial charge >= 0.3 is 5.97 Å². The number of methoxy groups -OCH3 is 1. The summed E-state index contributed by atoms with van der Waals surface area (Å²) in [6, 6.07) is 6.63. The normalized spacial score (nSPS) is 14.3. The van der Waals surface area contributed by atoms with Crippen LogP contribution in [0.1, 0.15) is 12.5 Å². The third-order valence-corrected chi connectivity index (χ3v) is 2.52. The van der Waals surface area contributed by atoms with Crippen molar-refractivity contribution in [1.29, 1.82) is 0 Å². The number of hydrogen-bond donors (Lipinski definition) is 2. The lowest BCUT2D eigenvalue weighted by atomic mass is 9.83. The molecule has 0 aliphatic carbocycles. The number of aliphatic hydroxyl groups is 1. The van der Waals surface area contributed by atoms with Crippen molar-refractivity contribution in [2.24, 2.45) is 0 Å². The van der Waals surface area contributed by atoms with Crippen molar-refractivity contribution < 1.29 is 19.7 Å². The van der Waals surface area contributed by atoms with Crippen molar-refractivity contribution in [2.45, 2.75) is 12.3 Å². The molecule has 4 heteroatoms. The Kier molecular flexibility index (Phi) is 3.31. The zero-order valence-corrected chi connectivity index (χ0v) is 8.73. The second-order valence-corrected chi connectivity index (χ2v) is 3.52. The number of hydrogen-bond acceptors (Lipinski definition) is 3. The van der Waals surface area contributed by atoms with Crippen LogP contribution >= 0.6 is 0 Å². The summed E-state index contributed by atoms with van der Waals surface area (Å²) in [4.78, 5) is 11.0. The van der Waals surface area contributed by atoms with Crippen LogP contribution in [0.3, 0.4) is 0 Å². The summed E-state index contributed by atoms with van der Waals surface area (Å²) in [5.41, 5.74) is -0.704. The van der Waals surface area contributed by atoms with Gasteiger partial charge in [0.2, 0.25) is 0 Å². The second kappa shape index (κ2) is 4.31. The van der Waals surface area contributed by atoms with Crippen LogP contribution < -0.4 is 4.74 Å². The minimum atomic E-state index is -1.26. The minimum Gasteiger partial charge on any atom is -0.497 e. The van der Waals surface area contributed by atoms with Gasteiger partial charge in [-0.25, -0.2) is 0 Å². The molecule has 0 heterocycles. The second-order valence-electron chi connectivity index (χ2n) is 3.52.